The maximum atomic E-state index is 12.7. The molecule has 0 radical (unpaired) electrons. The molecule has 23 heavy (non-hydrogen) atoms. The Morgan fingerprint density at radius 2 is 2.09 bits per heavy atom. The molecule has 1 fully saturated rings. The standard InChI is InChI=1S/C16H24N2O4S/c1-4-17(10-14(19)20)12-5-7-18(8-6-12)16(21)15-13(22-3)9-11(2)23-15/h9,12H,4-8,10H2,1-3H3,(H,19,20). The van der Waals surface area contributed by atoms with Crippen molar-refractivity contribution in [2.75, 3.05) is 33.3 Å². The van der Waals surface area contributed by atoms with Gasteiger partial charge >= 0.3 is 5.97 Å². The van der Waals surface area contributed by atoms with E-state index < -0.39 is 5.97 Å². The van der Waals surface area contributed by atoms with Crippen LogP contribution < -0.4 is 4.74 Å². The molecule has 0 spiro atoms. The van der Waals surface area contributed by atoms with Crippen LogP contribution in [0, 0.1) is 6.92 Å². The molecule has 0 unspecified atom stereocenters. The van der Waals surface area contributed by atoms with Gasteiger partial charge in [0.2, 0.25) is 0 Å². The summed E-state index contributed by atoms with van der Waals surface area (Å²) < 4.78 is 5.29. The molecular weight excluding hydrogens is 316 g/mol. The molecule has 1 aliphatic rings. The molecule has 0 aromatic carbocycles. The van der Waals surface area contributed by atoms with Crippen LogP contribution in [-0.4, -0.2) is 66.1 Å². The van der Waals surface area contributed by atoms with Crippen LogP contribution in [0.5, 0.6) is 5.75 Å². The smallest absolute Gasteiger partial charge is 0.317 e. The lowest BCUT2D eigenvalue weighted by Gasteiger charge is -2.37. The highest BCUT2D eigenvalue weighted by Gasteiger charge is 2.29. The number of carbonyl (C=O) groups excluding carboxylic acids is 1. The minimum Gasteiger partial charge on any atom is -0.495 e. The van der Waals surface area contributed by atoms with Gasteiger partial charge in [-0.25, -0.2) is 0 Å². The van der Waals surface area contributed by atoms with E-state index in [0.29, 0.717) is 30.3 Å². The summed E-state index contributed by atoms with van der Waals surface area (Å²) in [6, 6.07) is 2.11. The molecule has 1 aromatic rings. The molecule has 1 aliphatic heterocycles. The second-order valence-corrected chi connectivity index (χ2v) is 6.99. The Bertz CT molecular complexity index is 564. The number of ether oxygens (including phenoxy) is 1. The number of carboxylic acid groups (broad SMARTS) is 1. The maximum absolute atomic E-state index is 12.7. The molecule has 0 saturated carbocycles. The second-order valence-electron chi connectivity index (χ2n) is 5.73. The normalized spacial score (nSPS) is 15.9. The lowest BCUT2D eigenvalue weighted by atomic mass is 10.0. The second kappa shape index (κ2) is 7.79. The van der Waals surface area contributed by atoms with E-state index in [2.05, 4.69) is 0 Å². The number of piperidine rings is 1. The average molecular weight is 340 g/mol. The summed E-state index contributed by atoms with van der Waals surface area (Å²) in [7, 11) is 1.58. The molecule has 128 valence electrons. The van der Waals surface area contributed by atoms with Crippen molar-refractivity contribution in [3.8, 4) is 5.75 Å². The number of hydrogen-bond acceptors (Lipinski definition) is 5. The molecule has 6 nitrogen and oxygen atoms in total. The number of nitrogens with zero attached hydrogens (tertiary/aromatic N) is 2. The molecule has 1 saturated heterocycles. The molecule has 1 N–H and O–H groups in total. The van der Waals surface area contributed by atoms with Gasteiger partial charge in [-0.3, -0.25) is 14.5 Å². The fourth-order valence-corrected chi connectivity index (χ4v) is 3.99. The van der Waals surface area contributed by atoms with E-state index in [1.54, 1.807) is 7.11 Å². The first-order valence-electron chi connectivity index (χ1n) is 7.85. The topological polar surface area (TPSA) is 70.1 Å². The predicted molar refractivity (Wildman–Crippen MR) is 89.4 cm³/mol. The Hall–Kier alpha value is -1.60. The highest BCUT2D eigenvalue weighted by Crippen LogP contribution is 2.31. The molecule has 2 heterocycles. The van der Waals surface area contributed by atoms with Crippen LogP contribution in [0.1, 0.15) is 34.3 Å². The zero-order chi connectivity index (χ0) is 17.0. The SMILES string of the molecule is CCN(CC(=O)O)C1CCN(C(=O)c2sc(C)cc2OC)CC1. The number of carboxylic acids is 1. The minimum atomic E-state index is -0.802. The third-order valence-electron chi connectivity index (χ3n) is 4.25. The summed E-state index contributed by atoms with van der Waals surface area (Å²) in [4.78, 5) is 29.1. The number of amides is 1. The first-order chi connectivity index (χ1) is 11.0. The Morgan fingerprint density at radius 1 is 1.43 bits per heavy atom. The van der Waals surface area contributed by atoms with Crippen molar-refractivity contribution in [1.29, 1.82) is 0 Å². The quantitative estimate of drug-likeness (QED) is 0.858. The molecule has 0 aliphatic carbocycles. The largest absolute Gasteiger partial charge is 0.495 e. The number of rotatable bonds is 6. The number of aliphatic carboxylic acids is 1. The summed E-state index contributed by atoms with van der Waals surface area (Å²) in [6.45, 7) is 6.01. The molecule has 2 rings (SSSR count). The van der Waals surface area contributed by atoms with Crippen LogP contribution in [0.4, 0.5) is 0 Å². The van der Waals surface area contributed by atoms with Crippen molar-refractivity contribution >= 4 is 23.2 Å². The lowest BCUT2D eigenvalue weighted by Crippen LogP contribution is -2.48. The van der Waals surface area contributed by atoms with Gasteiger partial charge in [-0.05, 0) is 32.4 Å². The Morgan fingerprint density at radius 3 is 2.61 bits per heavy atom. The van der Waals surface area contributed by atoms with Gasteiger partial charge in [0, 0.05) is 24.0 Å². The van der Waals surface area contributed by atoms with Gasteiger partial charge in [-0.15, -0.1) is 11.3 Å². The molecule has 1 aromatic heterocycles. The number of likely N-dealkylation sites (tertiary alicyclic amines) is 1. The third-order valence-corrected chi connectivity index (χ3v) is 5.27. The number of thiophene rings is 1. The van der Waals surface area contributed by atoms with Crippen molar-refractivity contribution in [3.63, 3.8) is 0 Å². The van der Waals surface area contributed by atoms with Crippen LogP contribution in [-0.2, 0) is 4.79 Å². The molecule has 0 bridgehead atoms. The average Bonchev–Trinajstić information content (AvgIpc) is 2.93. The summed E-state index contributed by atoms with van der Waals surface area (Å²) in [6.07, 6.45) is 1.61. The number of carbonyl (C=O) groups is 2. The summed E-state index contributed by atoms with van der Waals surface area (Å²) in [5.41, 5.74) is 0. The fraction of sp³-hybridized carbons (Fsp3) is 0.625. The predicted octanol–water partition coefficient (Wildman–Crippen LogP) is 2.08. The number of aryl methyl sites for hydroxylation is 1. The van der Waals surface area contributed by atoms with Gasteiger partial charge in [-0.2, -0.15) is 0 Å². The van der Waals surface area contributed by atoms with Gasteiger partial charge in [-0.1, -0.05) is 6.92 Å². The van der Waals surface area contributed by atoms with E-state index in [0.717, 1.165) is 17.7 Å². The van der Waals surface area contributed by atoms with E-state index in [9.17, 15) is 9.59 Å². The highest BCUT2D eigenvalue weighted by atomic mass is 32.1. The van der Waals surface area contributed by atoms with Crippen LogP contribution in [0.15, 0.2) is 6.07 Å². The molecule has 0 atom stereocenters. The van der Waals surface area contributed by atoms with Crippen molar-refractivity contribution in [3.05, 3.63) is 15.8 Å². The zero-order valence-electron chi connectivity index (χ0n) is 13.9. The Labute approximate surface area is 140 Å². The van der Waals surface area contributed by atoms with Crippen LogP contribution in [0.2, 0.25) is 0 Å². The first-order valence-corrected chi connectivity index (χ1v) is 8.67. The van der Waals surface area contributed by atoms with E-state index in [1.165, 1.54) is 11.3 Å². The maximum Gasteiger partial charge on any atom is 0.317 e. The van der Waals surface area contributed by atoms with Gasteiger partial charge in [0.15, 0.2) is 0 Å². The van der Waals surface area contributed by atoms with E-state index in [4.69, 9.17) is 9.84 Å². The van der Waals surface area contributed by atoms with Gasteiger partial charge in [0.1, 0.15) is 10.6 Å². The zero-order valence-corrected chi connectivity index (χ0v) is 14.7. The number of hydrogen-bond donors (Lipinski definition) is 1. The Kier molecular flexibility index (Phi) is 6.01. The molecule has 7 heteroatoms. The number of methoxy groups -OCH3 is 1. The van der Waals surface area contributed by atoms with Crippen molar-refractivity contribution < 1.29 is 19.4 Å². The van der Waals surface area contributed by atoms with Crippen LogP contribution in [0.3, 0.4) is 0 Å². The minimum absolute atomic E-state index is 0.0136. The van der Waals surface area contributed by atoms with Crippen molar-refractivity contribution in [1.82, 2.24) is 9.80 Å². The first kappa shape index (κ1) is 17.7. The molecule has 1 amide bonds. The highest BCUT2D eigenvalue weighted by molar-refractivity contribution is 7.14. The van der Waals surface area contributed by atoms with Gasteiger partial charge in [0.25, 0.3) is 5.91 Å². The monoisotopic (exact) mass is 340 g/mol. The van der Waals surface area contributed by atoms with Crippen LogP contribution >= 0.6 is 11.3 Å². The number of likely N-dealkylation sites (N-methyl/N-ethyl adjacent to an activating group) is 1. The summed E-state index contributed by atoms with van der Waals surface area (Å²) in [5.74, 6) is -0.149. The van der Waals surface area contributed by atoms with E-state index >= 15 is 0 Å². The summed E-state index contributed by atoms with van der Waals surface area (Å²) >= 11 is 1.46. The van der Waals surface area contributed by atoms with Gasteiger partial charge in [0.05, 0.1) is 13.7 Å². The summed E-state index contributed by atoms with van der Waals surface area (Å²) in [5, 5.41) is 8.98. The van der Waals surface area contributed by atoms with Crippen molar-refractivity contribution in [2.45, 2.75) is 32.7 Å². The van der Waals surface area contributed by atoms with Gasteiger partial charge < -0.3 is 14.7 Å². The van der Waals surface area contributed by atoms with Crippen molar-refractivity contribution in [2.24, 2.45) is 0 Å². The van der Waals surface area contributed by atoms with E-state index in [-0.39, 0.29) is 18.5 Å². The Balaban J connectivity index is 1.98. The molecular formula is C16H24N2O4S. The van der Waals surface area contributed by atoms with Crippen LogP contribution in [0.25, 0.3) is 0 Å². The lowest BCUT2D eigenvalue weighted by molar-refractivity contribution is -0.139. The third kappa shape index (κ3) is 4.23. The fourth-order valence-electron chi connectivity index (χ4n) is 3.04. The van der Waals surface area contributed by atoms with E-state index in [1.807, 2.05) is 29.7 Å².